The molecule has 0 aromatic heterocycles. The SMILES string of the molecule is Cl.NCCCN(Cc1ccccc1)S(=O)(=O)c1cc(F)ccc1F. The maximum Gasteiger partial charge on any atom is 0.246 e. The molecule has 0 atom stereocenters. The van der Waals surface area contributed by atoms with Gasteiger partial charge >= 0.3 is 0 Å². The molecule has 2 N–H and O–H groups in total. The third-order valence-electron chi connectivity index (χ3n) is 3.32. The summed E-state index contributed by atoms with van der Waals surface area (Å²) in [4.78, 5) is -0.662. The van der Waals surface area contributed by atoms with Crippen LogP contribution in [0.4, 0.5) is 8.78 Å². The van der Waals surface area contributed by atoms with Gasteiger partial charge in [0.15, 0.2) is 0 Å². The van der Waals surface area contributed by atoms with Gasteiger partial charge in [-0.05, 0) is 36.7 Å². The summed E-state index contributed by atoms with van der Waals surface area (Å²) >= 11 is 0. The van der Waals surface area contributed by atoms with E-state index >= 15 is 0 Å². The van der Waals surface area contributed by atoms with Crippen molar-refractivity contribution in [3.05, 3.63) is 65.7 Å². The van der Waals surface area contributed by atoms with Crippen molar-refractivity contribution in [3.63, 3.8) is 0 Å². The van der Waals surface area contributed by atoms with Crippen molar-refractivity contribution in [3.8, 4) is 0 Å². The Morgan fingerprint density at radius 1 is 1.04 bits per heavy atom. The predicted molar refractivity (Wildman–Crippen MR) is 91.3 cm³/mol. The van der Waals surface area contributed by atoms with Crippen LogP contribution in [0.1, 0.15) is 12.0 Å². The van der Waals surface area contributed by atoms with Gasteiger partial charge in [0.2, 0.25) is 10.0 Å². The first-order valence-corrected chi connectivity index (χ1v) is 8.58. The Morgan fingerprint density at radius 2 is 1.71 bits per heavy atom. The molecule has 0 aliphatic carbocycles. The zero-order chi connectivity index (χ0) is 16.9. The van der Waals surface area contributed by atoms with Crippen LogP contribution in [0.25, 0.3) is 0 Å². The second-order valence-corrected chi connectivity index (χ2v) is 6.95. The summed E-state index contributed by atoms with van der Waals surface area (Å²) in [6.07, 6.45) is 0.420. The smallest absolute Gasteiger partial charge is 0.246 e. The maximum absolute atomic E-state index is 13.9. The van der Waals surface area contributed by atoms with Crippen LogP contribution in [0.5, 0.6) is 0 Å². The largest absolute Gasteiger partial charge is 0.330 e. The fourth-order valence-electron chi connectivity index (χ4n) is 2.15. The van der Waals surface area contributed by atoms with Crippen molar-refractivity contribution in [1.82, 2.24) is 4.31 Å². The minimum absolute atomic E-state index is 0. The fraction of sp³-hybridized carbons (Fsp3) is 0.250. The second kappa shape index (κ2) is 9.08. The van der Waals surface area contributed by atoms with Crippen molar-refractivity contribution in [1.29, 1.82) is 0 Å². The summed E-state index contributed by atoms with van der Waals surface area (Å²) in [6.45, 7) is 0.495. The van der Waals surface area contributed by atoms with Gasteiger partial charge in [0.25, 0.3) is 0 Å². The third-order valence-corrected chi connectivity index (χ3v) is 5.18. The van der Waals surface area contributed by atoms with Crippen molar-refractivity contribution < 1.29 is 17.2 Å². The van der Waals surface area contributed by atoms with Crippen molar-refractivity contribution in [2.24, 2.45) is 5.73 Å². The topological polar surface area (TPSA) is 63.4 Å². The standard InChI is InChI=1S/C16H18F2N2O2S.ClH/c17-14-7-8-15(18)16(11-14)23(21,22)20(10-4-9-19)12-13-5-2-1-3-6-13;/h1-3,5-8,11H,4,9-10,12,19H2;1H. The Labute approximate surface area is 146 Å². The summed E-state index contributed by atoms with van der Waals surface area (Å²) < 4.78 is 53.7. The zero-order valence-corrected chi connectivity index (χ0v) is 14.5. The van der Waals surface area contributed by atoms with Gasteiger partial charge in [0.1, 0.15) is 16.5 Å². The number of rotatable bonds is 7. The highest BCUT2D eigenvalue weighted by Crippen LogP contribution is 2.22. The third kappa shape index (κ3) is 4.98. The number of benzene rings is 2. The molecule has 0 bridgehead atoms. The Bertz CT molecular complexity index is 758. The predicted octanol–water partition coefficient (Wildman–Crippen LogP) is 2.93. The van der Waals surface area contributed by atoms with Crippen LogP contribution in [0.2, 0.25) is 0 Å². The first kappa shape index (κ1) is 20.5. The number of hydrogen-bond donors (Lipinski definition) is 1. The first-order chi connectivity index (χ1) is 10.9. The highest BCUT2D eigenvalue weighted by atomic mass is 35.5. The molecule has 0 radical (unpaired) electrons. The van der Waals surface area contributed by atoms with Gasteiger partial charge in [-0.15, -0.1) is 12.4 Å². The molecule has 0 aliphatic rings. The summed E-state index contributed by atoms with van der Waals surface area (Å²) in [5.74, 6) is -1.78. The average molecular weight is 377 g/mol. The van der Waals surface area contributed by atoms with Gasteiger partial charge in [-0.25, -0.2) is 17.2 Å². The Balaban J connectivity index is 0.00000288. The van der Waals surface area contributed by atoms with Gasteiger partial charge in [-0.1, -0.05) is 30.3 Å². The molecular weight excluding hydrogens is 358 g/mol. The second-order valence-electron chi connectivity index (χ2n) is 5.04. The average Bonchev–Trinajstić information content (AvgIpc) is 2.54. The highest BCUT2D eigenvalue weighted by Gasteiger charge is 2.27. The first-order valence-electron chi connectivity index (χ1n) is 7.14. The van der Waals surface area contributed by atoms with E-state index < -0.39 is 26.6 Å². The van der Waals surface area contributed by atoms with E-state index in [2.05, 4.69) is 0 Å². The maximum atomic E-state index is 13.9. The van der Waals surface area contributed by atoms with Crippen LogP contribution in [-0.2, 0) is 16.6 Å². The summed E-state index contributed by atoms with van der Waals surface area (Å²) in [5.41, 5.74) is 6.21. The van der Waals surface area contributed by atoms with E-state index in [1.807, 2.05) is 6.07 Å². The molecule has 0 unspecified atom stereocenters. The van der Waals surface area contributed by atoms with E-state index in [0.29, 0.717) is 19.0 Å². The van der Waals surface area contributed by atoms with Crippen LogP contribution < -0.4 is 5.73 Å². The molecule has 0 spiro atoms. The normalized spacial score (nSPS) is 11.3. The molecule has 4 nitrogen and oxygen atoms in total. The van der Waals surface area contributed by atoms with Crippen LogP contribution >= 0.6 is 12.4 Å². The molecule has 0 amide bonds. The van der Waals surface area contributed by atoms with Crippen LogP contribution in [0.3, 0.4) is 0 Å². The number of hydrogen-bond acceptors (Lipinski definition) is 3. The lowest BCUT2D eigenvalue weighted by Crippen LogP contribution is -2.33. The molecule has 2 aromatic carbocycles. The molecule has 0 fully saturated rings. The molecule has 0 saturated heterocycles. The molecule has 0 heterocycles. The van der Waals surface area contributed by atoms with Crippen molar-refractivity contribution in [2.75, 3.05) is 13.1 Å². The lowest BCUT2D eigenvalue weighted by molar-refractivity contribution is 0.398. The van der Waals surface area contributed by atoms with Gasteiger partial charge in [0, 0.05) is 13.1 Å². The van der Waals surface area contributed by atoms with Crippen LogP contribution in [0.15, 0.2) is 53.4 Å². The lowest BCUT2D eigenvalue weighted by Gasteiger charge is -2.22. The van der Waals surface area contributed by atoms with Gasteiger partial charge < -0.3 is 5.73 Å². The van der Waals surface area contributed by atoms with Crippen molar-refractivity contribution in [2.45, 2.75) is 17.9 Å². The van der Waals surface area contributed by atoms with Crippen LogP contribution in [0, 0.1) is 11.6 Å². The molecule has 0 saturated carbocycles. The molecular formula is C16H19ClF2N2O2S. The molecule has 2 rings (SSSR count). The summed E-state index contributed by atoms with van der Waals surface area (Å²) in [6, 6.07) is 11.3. The highest BCUT2D eigenvalue weighted by molar-refractivity contribution is 7.89. The number of sulfonamides is 1. The Kier molecular flexibility index (Phi) is 7.75. The molecule has 8 heteroatoms. The van der Waals surface area contributed by atoms with Crippen molar-refractivity contribution >= 4 is 22.4 Å². The van der Waals surface area contributed by atoms with Gasteiger partial charge in [-0.3, -0.25) is 0 Å². The number of nitrogens with zero attached hydrogens (tertiary/aromatic N) is 1. The zero-order valence-electron chi connectivity index (χ0n) is 12.9. The molecule has 132 valence electrons. The van der Waals surface area contributed by atoms with E-state index in [1.54, 1.807) is 24.3 Å². The minimum Gasteiger partial charge on any atom is -0.330 e. The minimum atomic E-state index is -4.16. The van der Waals surface area contributed by atoms with E-state index in [0.717, 1.165) is 22.0 Å². The number of nitrogens with two attached hydrogens (primary N) is 1. The Hall–Kier alpha value is -1.54. The lowest BCUT2D eigenvalue weighted by atomic mass is 10.2. The molecule has 2 aromatic rings. The molecule has 0 aliphatic heterocycles. The quantitative estimate of drug-likeness (QED) is 0.808. The van der Waals surface area contributed by atoms with Gasteiger partial charge in [0.05, 0.1) is 0 Å². The van der Waals surface area contributed by atoms with E-state index in [9.17, 15) is 17.2 Å². The molecule has 24 heavy (non-hydrogen) atoms. The Morgan fingerprint density at radius 3 is 2.33 bits per heavy atom. The number of halogens is 3. The summed E-state index contributed by atoms with van der Waals surface area (Å²) in [7, 11) is -4.16. The fourth-order valence-corrected chi connectivity index (χ4v) is 3.70. The van der Waals surface area contributed by atoms with Gasteiger partial charge in [-0.2, -0.15) is 4.31 Å². The van der Waals surface area contributed by atoms with E-state index in [4.69, 9.17) is 5.73 Å². The van der Waals surface area contributed by atoms with E-state index in [1.165, 1.54) is 0 Å². The monoisotopic (exact) mass is 376 g/mol. The van der Waals surface area contributed by atoms with E-state index in [-0.39, 0.29) is 25.5 Å². The van der Waals surface area contributed by atoms with Crippen LogP contribution in [-0.4, -0.2) is 25.8 Å². The summed E-state index contributed by atoms with van der Waals surface area (Å²) in [5, 5.41) is 0.